The van der Waals surface area contributed by atoms with Gasteiger partial charge < -0.3 is 5.32 Å². The van der Waals surface area contributed by atoms with Crippen molar-refractivity contribution >= 4 is 39.9 Å². The molecule has 0 unspecified atom stereocenters. The molecule has 0 amide bonds. The number of benzene rings is 2. The number of aromatic nitrogens is 2. The molecule has 0 saturated carbocycles. The first-order valence-corrected chi connectivity index (χ1v) is 7.25. The fraction of sp³-hybridized carbons (Fsp3) is 0.125. The Balaban J connectivity index is 2.24. The van der Waals surface area contributed by atoms with Crippen LogP contribution in [0.25, 0.3) is 22.3 Å². The summed E-state index contributed by atoms with van der Waals surface area (Å²) in [4.78, 5) is 9.16. The van der Waals surface area contributed by atoms with Crippen LogP contribution in [-0.2, 0) is 0 Å². The SMILES string of the molecule is CNc1nc(-c2ccc(C)c(Cl)c2)nc2cc(Cl)ccc12. The molecule has 0 saturated heterocycles. The van der Waals surface area contributed by atoms with Crippen molar-refractivity contribution in [1.29, 1.82) is 0 Å². The molecule has 2 aromatic carbocycles. The summed E-state index contributed by atoms with van der Waals surface area (Å²) < 4.78 is 0. The first kappa shape index (κ1) is 14.1. The van der Waals surface area contributed by atoms with Gasteiger partial charge in [0.1, 0.15) is 5.82 Å². The van der Waals surface area contributed by atoms with E-state index in [1.807, 2.05) is 50.4 Å². The van der Waals surface area contributed by atoms with Crippen molar-refractivity contribution < 1.29 is 0 Å². The Bertz CT molecular complexity index is 831. The molecule has 1 aromatic heterocycles. The highest BCUT2D eigenvalue weighted by Crippen LogP contribution is 2.28. The number of nitrogens with one attached hydrogen (secondary N) is 1. The number of rotatable bonds is 2. The molecule has 3 nitrogen and oxygen atoms in total. The lowest BCUT2D eigenvalue weighted by atomic mass is 10.1. The quantitative estimate of drug-likeness (QED) is 0.726. The number of fused-ring (bicyclic) bond motifs is 1. The maximum Gasteiger partial charge on any atom is 0.162 e. The Hall–Kier alpha value is -1.84. The van der Waals surface area contributed by atoms with Crippen LogP contribution in [0.1, 0.15) is 5.56 Å². The number of halogens is 2. The topological polar surface area (TPSA) is 37.8 Å². The zero-order chi connectivity index (χ0) is 15.0. The molecule has 0 aliphatic heterocycles. The number of aryl methyl sites for hydroxylation is 1. The first-order valence-electron chi connectivity index (χ1n) is 6.50. The lowest BCUT2D eigenvalue weighted by molar-refractivity contribution is 1.21. The summed E-state index contributed by atoms with van der Waals surface area (Å²) in [6, 6.07) is 11.4. The minimum absolute atomic E-state index is 0.621. The molecule has 0 radical (unpaired) electrons. The third-order valence-electron chi connectivity index (χ3n) is 3.33. The lowest BCUT2D eigenvalue weighted by Crippen LogP contribution is -1.99. The summed E-state index contributed by atoms with van der Waals surface area (Å²) in [6.07, 6.45) is 0. The molecule has 1 N–H and O–H groups in total. The average Bonchev–Trinajstić information content (AvgIpc) is 2.48. The lowest BCUT2D eigenvalue weighted by Gasteiger charge is -2.09. The van der Waals surface area contributed by atoms with Crippen LogP contribution in [0.3, 0.4) is 0 Å². The second-order valence-electron chi connectivity index (χ2n) is 4.77. The van der Waals surface area contributed by atoms with Crippen LogP contribution in [0.2, 0.25) is 10.0 Å². The molecule has 1 heterocycles. The van der Waals surface area contributed by atoms with Crippen molar-refractivity contribution in [2.75, 3.05) is 12.4 Å². The van der Waals surface area contributed by atoms with Crippen LogP contribution in [0.4, 0.5) is 5.82 Å². The van der Waals surface area contributed by atoms with E-state index in [-0.39, 0.29) is 0 Å². The van der Waals surface area contributed by atoms with Gasteiger partial charge in [-0.2, -0.15) is 0 Å². The zero-order valence-electron chi connectivity index (χ0n) is 11.6. The molecule has 3 rings (SSSR count). The monoisotopic (exact) mass is 317 g/mol. The van der Waals surface area contributed by atoms with Gasteiger partial charge in [0.25, 0.3) is 0 Å². The molecule has 3 aromatic rings. The van der Waals surface area contributed by atoms with Gasteiger partial charge in [0.05, 0.1) is 5.52 Å². The highest BCUT2D eigenvalue weighted by molar-refractivity contribution is 6.31. The Kier molecular flexibility index (Phi) is 3.70. The molecule has 106 valence electrons. The van der Waals surface area contributed by atoms with Gasteiger partial charge >= 0.3 is 0 Å². The highest BCUT2D eigenvalue weighted by atomic mass is 35.5. The summed E-state index contributed by atoms with van der Waals surface area (Å²) in [5, 5.41) is 5.38. The smallest absolute Gasteiger partial charge is 0.162 e. The minimum Gasteiger partial charge on any atom is -0.373 e. The summed E-state index contributed by atoms with van der Waals surface area (Å²) in [7, 11) is 1.84. The van der Waals surface area contributed by atoms with Crippen LogP contribution in [0, 0.1) is 6.92 Å². The van der Waals surface area contributed by atoms with E-state index >= 15 is 0 Å². The first-order chi connectivity index (χ1) is 10.1. The normalized spacial score (nSPS) is 10.9. The van der Waals surface area contributed by atoms with Crippen LogP contribution in [0.5, 0.6) is 0 Å². The van der Waals surface area contributed by atoms with E-state index in [0.717, 1.165) is 27.8 Å². The molecule has 5 heteroatoms. The maximum atomic E-state index is 6.19. The summed E-state index contributed by atoms with van der Waals surface area (Å²) in [5.74, 6) is 1.39. The molecule has 0 spiro atoms. The predicted octanol–water partition coefficient (Wildman–Crippen LogP) is 4.95. The zero-order valence-corrected chi connectivity index (χ0v) is 13.1. The van der Waals surface area contributed by atoms with Crippen LogP contribution < -0.4 is 5.32 Å². The fourth-order valence-electron chi connectivity index (χ4n) is 2.15. The Morgan fingerprint density at radius 1 is 1.00 bits per heavy atom. The van der Waals surface area contributed by atoms with Crippen LogP contribution >= 0.6 is 23.2 Å². The van der Waals surface area contributed by atoms with E-state index in [9.17, 15) is 0 Å². The molecule has 0 fully saturated rings. The van der Waals surface area contributed by atoms with Crippen molar-refractivity contribution in [2.45, 2.75) is 6.92 Å². The van der Waals surface area contributed by atoms with Gasteiger partial charge in [-0.3, -0.25) is 0 Å². The van der Waals surface area contributed by atoms with Crippen molar-refractivity contribution in [3.05, 3.63) is 52.0 Å². The Morgan fingerprint density at radius 2 is 1.81 bits per heavy atom. The molecule has 21 heavy (non-hydrogen) atoms. The van der Waals surface area contributed by atoms with Gasteiger partial charge in [-0.25, -0.2) is 9.97 Å². The number of hydrogen-bond acceptors (Lipinski definition) is 3. The van der Waals surface area contributed by atoms with Crippen LogP contribution in [0.15, 0.2) is 36.4 Å². The molecular weight excluding hydrogens is 305 g/mol. The van der Waals surface area contributed by atoms with E-state index < -0.39 is 0 Å². The third-order valence-corrected chi connectivity index (χ3v) is 3.97. The second kappa shape index (κ2) is 5.51. The summed E-state index contributed by atoms with van der Waals surface area (Å²) in [6.45, 7) is 1.96. The summed E-state index contributed by atoms with van der Waals surface area (Å²) >= 11 is 12.2. The van der Waals surface area contributed by atoms with E-state index in [2.05, 4.69) is 15.3 Å². The Labute approximate surface area is 132 Å². The van der Waals surface area contributed by atoms with E-state index in [1.54, 1.807) is 0 Å². The van der Waals surface area contributed by atoms with Gasteiger partial charge in [-0.15, -0.1) is 0 Å². The van der Waals surface area contributed by atoms with Crippen LogP contribution in [-0.4, -0.2) is 17.0 Å². The maximum absolute atomic E-state index is 6.19. The van der Waals surface area contributed by atoms with E-state index in [1.165, 1.54) is 0 Å². The number of nitrogens with zero attached hydrogens (tertiary/aromatic N) is 2. The second-order valence-corrected chi connectivity index (χ2v) is 5.61. The number of anilines is 1. The van der Waals surface area contributed by atoms with Crippen molar-refractivity contribution in [3.63, 3.8) is 0 Å². The van der Waals surface area contributed by atoms with Gasteiger partial charge in [-0.05, 0) is 36.8 Å². The van der Waals surface area contributed by atoms with Gasteiger partial charge in [0.2, 0.25) is 0 Å². The van der Waals surface area contributed by atoms with Crippen molar-refractivity contribution in [1.82, 2.24) is 9.97 Å². The molecule has 0 aliphatic rings. The van der Waals surface area contributed by atoms with Crippen molar-refractivity contribution in [2.24, 2.45) is 0 Å². The largest absolute Gasteiger partial charge is 0.373 e. The Morgan fingerprint density at radius 3 is 2.52 bits per heavy atom. The fourth-order valence-corrected chi connectivity index (χ4v) is 2.50. The minimum atomic E-state index is 0.621. The predicted molar refractivity (Wildman–Crippen MR) is 89.3 cm³/mol. The molecule has 0 atom stereocenters. The van der Waals surface area contributed by atoms with Gasteiger partial charge in [0, 0.05) is 28.0 Å². The highest BCUT2D eigenvalue weighted by Gasteiger charge is 2.10. The van der Waals surface area contributed by atoms with E-state index in [4.69, 9.17) is 23.2 Å². The van der Waals surface area contributed by atoms with Crippen molar-refractivity contribution in [3.8, 4) is 11.4 Å². The third kappa shape index (κ3) is 2.67. The molecular formula is C16H13Cl2N3. The number of hydrogen-bond donors (Lipinski definition) is 1. The molecule has 0 bridgehead atoms. The standard InChI is InChI=1S/C16H13Cl2N3/c1-9-3-4-10(7-13(9)18)15-20-14-8-11(17)5-6-12(14)16(19-2)21-15/h3-8H,1-2H3,(H,19,20,21). The molecule has 0 aliphatic carbocycles. The van der Waals surface area contributed by atoms with E-state index in [0.29, 0.717) is 15.9 Å². The van der Waals surface area contributed by atoms with Gasteiger partial charge in [-0.1, -0.05) is 35.3 Å². The van der Waals surface area contributed by atoms with Gasteiger partial charge in [0.15, 0.2) is 5.82 Å². The summed E-state index contributed by atoms with van der Waals surface area (Å²) in [5.41, 5.74) is 2.70. The average molecular weight is 318 g/mol.